The van der Waals surface area contributed by atoms with Crippen LogP contribution in [0, 0.1) is 0 Å². The first-order valence-corrected chi connectivity index (χ1v) is 9.29. The van der Waals surface area contributed by atoms with Crippen molar-refractivity contribution in [2.45, 2.75) is 12.8 Å². The van der Waals surface area contributed by atoms with Gasteiger partial charge >= 0.3 is 0 Å². The van der Waals surface area contributed by atoms with Gasteiger partial charge < -0.3 is 15.5 Å². The van der Waals surface area contributed by atoms with Gasteiger partial charge in [0.25, 0.3) is 0 Å². The molecule has 1 amide bonds. The molecule has 3 N–H and O–H groups in total. The molecule has 0 fully saturated rings. The third-order valence-electron chi connectivity index (χ3n) is 3.68. The van der Waals surface area contributed by atoms with Gasteiger partial charge in [-0.2, -0.15) is 0 Å². The second kappa shape index (κ2) is 8.40. The van der Waals surface area contributed by atoms with Crippen molar-refractivity contribution in [1.82, 2.24) is 4.98 Å². The zero-order chi connectivity index (χ0) is 19.6. The van der Waals surface area contributed by atoms with Gasteiger partial charge in [-0.3, -0.25) is 4.79 Å². The molecule has 0 atom stereocenters. The van der Waals surface area contributed by atoms with Crippen LogP contribution in [0.25, 0.3) is 11.3 Å². The van der Waals surface area contributed by atoms with Gasteiger partial charge in [0.1, 0.15) is 0 Å². The molecule has 2 aromatic carbocycles. The normalized spacial score (nSPS) is 10.8. The number of halogens is 4. The quantitative estimate of drug-likeness (QED) is 0.465. The van der Waals surface area contributed by atoms with Gasteiger partial charge in [-0.15, -0.1) is 0 Å². The lowest BCUT2D eigenvalue weighted by Crippen LogP contribution is -2.12. The van der Waals surface area contributed by atoms with Crippen molar-refractivity contribution in [2.24, 2.45) is 0 Å². The second-order valence-corrected chi connectivity index (χ2v) is 7.30. The summed E-state index contributed by atoms with van der Waals surface area (Å²) in [5.41, 5.74) is 7.08. The number of nitrogen functional groups attached to an aromatic ring is 1. The van der Waals surface area contributed by atoms with E-state index in [1.54, 1.807) is 24.4 Å². The van der Waals surface area contributed by atoms with Crippen LogP contribution < -0.4 is 11.1 Å². The van der Waals surface area contributed by atoms with Crippen LogP contribution in [0.1, 0.15) is 12.3 Å². The Bertz CT molecular complexity index is 981. The molecule has 0 aliphatic heterocycles. The van der Waals surface area contributed by atoms with Gasteiger partial charge in [0, 0.05) is 29.1 Å². The summed E-state index contributed by atoms with van der Waals surface area (Å²) in [6.45, 7) is 0. The summed E-state index contributed by atoms with van der Waals surface area (Å²) in [6.07, 6.45) is 2.03. The van der Waals surface area contributed by atoms with Gasteiger partial charge in [0.2, 0.25) is 5.91 Å². The van der Waals surface area contributed by atoms with E-state index < -0.39 is 0 Å². The highest BCUT2D eigenvalue weighted by atomic mass is 35.5. The number of nitrogens with zero attached hydrogens (tertiary/aromatic N) is 1. The molecule has 0 saturated carbocycles. The van der Waals surface area contributed by atoms with E-state index in [2.05, 4.69) is 10.3 Å². The topological polar surface area (TPSA) is 81.1 Å². The molecular formula is C18H13Cl4N3O2. The number of nitrogens with two attached hydrogens (primary N) is 1. The first-order chi connectivity index (χ1) is 12.8. The van der Waals surface area contributed by atoms with Crippen molar-refractivity contribution in [3.8, 4) is 11.3 Å². The number of hydrogen-bond acceptors (Lipinski definition) is 4. The minimum atomic E-state index is -0.240. The Balaban J connectivity index is 1.62. The van der Waals surface area contributed by atoms with Crippen molar-refractivity contribution in [3.05, 3.63) is 62.5 Å². The van der Waals surface area contributed by atoms with E-state index in [-0.39, 0.29) is 28.1 Å². The molecule has 5 nitrogen and oxygen atoms in total. The Morgan fingerprint density at radius 2 is 1.78 bits per heavy atom. The van der Waals surface area contributed by atoms with Crippen molar-refractivity contribution in [3.63, 3.8) is 0 Å². The number of aryl methyl sites for hydroxylation is 1. The third-order valence-corrected chi connectivity index (χ3v) is 4.85. The van der Waals surface area contributed by atoms with Crippen LogP contribution in [-0.4, -0.2) is 10.9 Å². The van der Waals surface area contributed by atoms with Gasteiger partial charge in [0.05, 0.1) is 27.0 Å². The molecular weight excluding hydrogens is 432 g/mol. The summed E-state index contributed by atoms with van der Waals surface area (Å²) < 4.78 is 5.67. The second-order valence-electron chi connectivity index (χ2n) is 5.64. The molecule has 0 saturated heterocycles. The SMILES string of the molecule is Nc1c(Cl)cc(NC(=O)CCc2ncc(-c3ccc(Cl)cc3Cl)o2)cc1Cl. The van der Waals surface area contributed by atoms with E-state index in [0.717, 1.165) is 0 Å². The highest BCUT2D eigenvalue weighted by molar-refractivity contribution is 6.39. The molecule has 0 spiro atoms. The first kappa shape index (κ1) is 19.8. The highest BCUT2D eigenvalue weighted by Gasteiger charge is 2.13. The molecule has 9 heteroatoms. The van der Waals surface area contributed by atoms with Crippen molar-refractivity contribution in [2.75, 3.05) is 11.1 Å². The van der Waals surface area contributed by atoms with Gasteiger partial charge in [-0.25, -0.2) is 4.98 Å². The Labute approximate surface area is 175 Å². The van der Waals surface area contributed by atoms with Crippen LogP contribution in [0.2, 0.25) is 20.1 Å². The third kappa shape index (κ3) is 4.87. The minimum absolute atomic E-state index is 0.161. The largest absolute Gasteiger partial charge is 0.441 e. The van der Waals surface area contributed by atoms with Gasteiger partial charge in [0.15, 0.2) is 11.7 Å². The number of benzene rings is 2. The molecule has 3 rings (SSSR count). The summed E-state index contributed by atoms with van der Waals surface area (Å²) in [7, 11) is 0. The monoisotopic (exact) mass is 443 g/mol. The van der Waals surface area contributed by atoms with Crippen molar-refractivity contribution in [1.29, 1.82) is 0 Å². The molecule has 0 bridgehead atoms. The van der Waals surface area contributed by atoms with Crippen LogP contribution in [-0.2, 0) is 11.2 Å². The highest BCUT2D eigenvalue weighted by Crippen LogP contribution is 2.32. The van der Waals surface area contributed by atoms with Gasteiger partial charge in [-0.05, 0) is 30.3 Å². The summed E-state index contributed by atoms with van der Waals surface area (Å²) in [6, 6.07) is 8.15. The van der Waals surface area contributed by atoms with Crippen LogP contribution >= 0.6 is 46.4 Å². The summed E-state index contributed by atoms with van der Waals surface area (Å²) in [5, 5.41) is 4.24. The van der Waals surface area contributed by atoms with E-state index in [9.17, 15) is 4.79 Å². The zero-order valence-corrected chi connectivity index (χ0v) is 16.8. The fourth-order valence-corrected chi connectivity index (χ4v) is 3.33. The maximum absolute atomic E-state index is 12.1. The number of rotatable bonds is 5. The van der Waals surface area contributed by atoms with E-state index in [4.69, 9.17) is 56.6 Å². The first-order valence-electron chi connectivity index (χ1n) is 7.78. The molecule has 0 aliphatic rings. The summed E-state index contributed by atoms with van der Waals surface area (Å²) in [5.74, 6) is 0.680. The van der Waals surface area contributed by atoms with Crippen LogP contribution in [0.5, 0.6) is 0 Å². The maximum atomic E-state index is 12.1. The Hall–Kier alpha value is -1.92. The van der Waals surface area contributed by atoms with E-state index in [0.29, 0.717) is 39.4 Å². The number of hydrogen-bond donors (Lipinski definition) is 2. The Morgan fingerprint density at radius 1 is 1.07 bits per heavy atom. The number of amides is 1. The molecule has 140 valence electrons. The van der Waals surface area contributed by atoms with Crippen molar-refractivity contribution < 1.29 is 9.21 Å². The minimum Gasteiger partial charge on any atom is -0.441 e. The predicted molar refractivity (Wildman–Crippen MR) is 110 cm³/mol. The average Bonchev–Trinajstić information content (AvgIpc) is 3.06. The van der Waals surface area contributed by atoms with Crippen LogP contribution in [0.4, 0.5) is 11.4 Å². The van der Waals surface area contributed by atoms with Crippen molar-refractivity contribution >= 4 is 63.7 Å². The lowest BCUT2D eigenvalue weighted by atomic mass is 10.2. The fraction of sp³-hybridized carbons (Fsp3) is 0.111. The Kier molecular flexibility index (Phi) is 6.17. The summed E-state index contributed by atoms with van der Waals surface area (Å²) >= 11 is 24.0. The number of carbonyl (C=O) groups is 1. The molecule has 0 radical (unpaired) electrons. The number of nitrogens with one attached hydrogen (secondary N) is 1. The number of aromatic nitrogens is 1. The number of oxazole rings is 1. The molecule has 1 heterocycles. The van der Waals surface area contributed by atoms with E-state index in [1.165, 1.54) is 12.1 Å². The molecule has 0 unspecified atom stereocenters. The number of anilines is 2. The van der Waals surface area contributed by atoms with E-state index >= 15 is 0 Å². The summed E-state index contributed by atoms with van der Waals surface area (Å²) in [4.78, 5) is 16.3. The lowest BCUT2D eigenvalue weighted by Gasteiger charge is -2.08. The maximum Gasteiger partial charge on any atom is 0.224 e. The Morgan fingerprint density at radius 3 is 2.44 bits per heavy atom. The molecule has 0 aliphatic carbocycles. The smallest absolute Gasteiger partial charge is 0.224 e. The zero-order valence-electron chi connectivity index (χ0n) is 13.7. The number of carbonyl (C=O) groups excluding carboxylic acids is 1. The standard InChI is InChI=1S/C18H13Cl4N3O2/c19-9-1-2-11(12(20)5-9)15-8-24-17(27-15)4-3-16(26)25-10-6-13(21)18(23)14(22)7-10/h1-2,5-8H,3-4,23H2,(H,25,26). The molecule has 1 aromatic heterocycles. The lowest BCUT2D eigenvalue weighted by molar-refractivity contribution is -0.116. The van der Waals surface area contributed by atoms with Crippen LogP contribution in [0.3, 0.4) is 0 Å². The molecule has 27 heavy (non-hydrogen) atoms. The van der Waals surface area contributed by atoms with Gasteiger partial charge in [-0.1, -0.05) is 46.4 Å². The molecule has 3 aromatic rings. The predicted octanol–water partition coefficient (Wildman–Crippen LogP) is 6.11. The average molecular weight is 445 g/mol. The van der Waals surface area contributed by atoms with Crippen LogP contribution in [0.15, 0.2) is 40.9 Å². The van der Waals surface area contributed by atoms with E-state index in [1.807, 2.05) is 0 Å². The fourth-order valence-electron chi connectivity index (χ4n) is 2.34.